The molecule has 1 aromatic rings. The van der Waals surface area contributed by atoms with E-state index in [0.717, 1.165) is 0 Å². The number of carbonyl (C=O) groups excluding carboxylic acids is 1. The highest BCUT2D eigenvalue weighted by molar-refractivity contribution is 5.87. The molecule has 10 heteroatoms. The standard InChI is InChI=1S/C25H35NO9/c1-12(2)23(31)18(33-16(28)14-7-6-10-26-14)25(32)19(4)11-22(30)20(23,5)17(34-25)24(35-22)15(27)13(3)8-9-21(19,24)29/h6-7,10,12-13,15,17-18,26-27,29-32H,8-9,11H2,1-5H3/t13-,15+,17+,18+,19-,20-,21-,22?,23+,24-,25-/m0/s1. The van der Waals surface area contributed by atoms with Gasteiger partial charge in [0, 0.05) is 12.6 Å². The van der Waals surface area contributed by atoms with Gasteiger partial charge in [-0.05, 0) is 43.7 Å². The Morgan fingerprint density at radius 2 is 1.91 bits per heavy atom. The first-order valence-electron chi connectivity index (χ1n) is 12.4. The zero-order valence-corrected chi connectivity index (χ0v) is 20.6. The van der Waals surface area contributed by atoms with E-state index in [1.165, 1.54) is 6.07 Å². The maximum Gasteiger partial charge on any atom is 0.355 e. The van der Waals surface area contributed by atoms with Crippen LogP contribution in [-0.2, 0) is 14.2 Å². The smallest absolute Gasteiger partial charge is 0.355 e. The molecule has 1 aliphatic carbocycles. The molecule has 5 heterocycles. The summed E-state index contributed by atoms with van der Waals surface area (Å²) in [6, 6.07) is 3.11. The second-order valence-electron chi connectivity index (χ2n) is 12.3. The van der Waals surface area contributed by atoms with Gasteiger partial charge in [-0.3, -0.25) is 0 Å². The van der Waals surface area contributed by atoms with Crippen molar-refractivity contribution in [3.05, 3.63) is 24.0 Å². The quantitative estimate of drug-likeness (QED) is 0.328. The average molecular weight is 494 g/mol. The average Bonchev–Trinajstić information content (AvgIpc) is 3.36. The van der Waals surface area contributed by atoms with E-state index in [1.54, 1.807) is 40.0 Å². The van der Waals surface area contributed by atoms with Crippen LogP contribution in [0, 0.1) is 22.7 Å². The van der Waals surface area contributed by atoms with Crippen molar-refractivity contribution in [2.45, 2.75) is 101 Å². The van der Waals surface area contributed by atoms with Crippen molar-refractivity contribution in [2.75, 3.05) is 0 Å². The fourth-order valence-electron chi connectivity index (χ4n) is 8.68. The van der Waals surface area contributed by atoms with Gasteiger partial charge in [0.1, 0.15) is 23.0 Å². The molecule has 6 N–H and O–H groups in total. The predicted octanol–water partition coefficient (Wildman–Crippen LogP) is 0.424. The van der Waals surface area contributed by atoms with Gasteiger partial charge in [0.15, 0.2) is 17.5 Å². The van der Waals surface area contributed by atoms with Crippen molar-refractivity contribution < 1.29 is 44.5 Å². The van der Waals surface area contributed by atoms with Crippen LogP contribution in [-0.4, -0.2) is 83.2 Å². The minimum absolute atomic E-state index is 0.108. The Balaban J connectivity index is 1.64. The summed E-state index contributed by atoms with van der Waals surface area (Å²) in [5.74, 6) is -6.29. The van der Waals surface area contributed by atoms with Crippen LogP contribution in [0.3, 0.4) is 0 Å². The van der Waals surface area contributed by atoms with Crippen LogP contribution in [0.2, 0.25) is 0 Å². The van der Waals surface area contributed by atoms with Crippen LogP contribution in [0.1, 0.15) is 64.4 Å². The number of H-pyrrole nitrogens is 1. The summed E-state index contributed by atoms with van der Waals surface area (Å²) in [4.78, 5) is 15.9. The number of aromatic amines is 1. The van der Waals surface area contributed by atoms with Gasteiger partial charge < -0.3 is 44.7 Å². The van der Waals surface area contributed by atoms with Crippen LogP contribution < -0.4 is 0 Å². The molecule has 0 amide bonds. The third kappa shape index (κ3) is 2.04. The van der Waals surface area contributed by atoms with Crippen molar-refractivity contribution in [3.8, 4) is 0 Å². The van der Waals surface area contributed by atoms with Crippen LogP contribution in [0.5, 0.6) is 0 Å². The van der Waals surface area contributed by atoms with E-state index < -0.39 is 69.4 Å². The second kappa shape index (κ2) is 6.30. The van der Waals surface area contributed by atoms with Crippen molar-refractivity contribution in [1.82, 2.24) is 4.98 Å². The minimum Gasteiger partial charge on any atom is -0.449 e. The zero-order valence-electron chi connectivity index (χ0n) is 20.6. The van der Waals surface area contributed by atoms with E-state index in [1.807, 2.05) is 6.92 Å². The number of nitrogens with one attached hydrogen (secondary N) is 1. The lowest BCUT2D eigenvalue weighted by molar-refractivity contribution is -0.496. The molecular weight excluding hydrogens is 458 g/mol. The van der Waals surface area contributed by atoms with Gasteiger partial charge in [0.25, 0.3) is 0 Å². The molecule has 10 nitrogen and oxygen atoms in total. The van der Waals surface area contributed by atoms with Crippen molar-refractivity contribution >= 4 is 5.97 Å². The van der Waals surface area contributed by atoms with Crippen LogP contribution in [0.25, 0.3) is 0 Å². The highest BCUT2D eigenvalue weighted by Gasteiger charge is 2.99. The Labute approximate surface area is 203 Å². The molecule has 1 aromatic heterocycles. The lowest BCUT2D eigenvalue weighted by Crippen LogP contribution is -2.90. The summed E-state index contributed by atoms with van der Waals surface area (Å²) >= 11 is 0. The number of carbonyl (C=O) groups is 1. The minimum atomic E-state index is -2.40. The SMILES string of the molecule is CC(C)[C@@]1(O)[C@@H](OC(=O)c2ccc[nH]2)[C@]2(O)O[C@H]3[C@]45OC(O)(C[C@@]2(C)[C@@]4(O)CC[C@H](C)[C@H]5O)[C@]31C. The largest absolute Gasteiger partial charge is 0.449 e. The van der Waals surface area contributed by atoms with E-state index in [2.05, 4.69) is 4.98 Å². The first-order valence-corrected chi connectivity index (χ1v) is 12.4. The summed E-state index contributed by atoms with van der Waals surface area (Å²) in [5, 5.41) is 61.0. The number of aliphatic hydroxyl groups is 5. The van der Waals surface area contributed by atoms with Gasteiger partial charge in [-0.15, -0.1) is 0 Å². The fraction of sp³-hybridized carbons (Fsp3) is 0.800. The number of hydrogen-bond acceptors (Lipinski definition) is 9. The summed E-state index contributed by atoms with van der Waals surface area (Å²) in [5.41, 5.74) is -8.97. The van der Waals surface area contributed by atoms with Gasteiger partial charge >= 0.3 is 5.97 Å². The third-order valence-corrected chi connectivity index (χ3v) is 10.8. The van der Waals surface area contributed by atoms with Gasteiger partial charge in [-0.25, -0.2) is 4.79 Å². The van der Waals surface area contributed by atoms with Gasteiger partial charge in [-0.1, -0.05) is 27.7 Å². The lowest BCUT2D eigenvalue weighted by Gasteiger charge is -2.73. The number of rotatable bonds is 3. The number of aromatic nitrogens is 1. The summed E-state index contributed by atoms with van der Waals surface area (Å²) < 4.78 is 18.5. The second-order valence-corrected chi connectivity index (χ2v) is 12.3. The van der Waals surface area contributed by atoms with Crippen molar-refractivity contribution in [2.24, 2.45) is 22.7 Å². The Kier molecular flexibility index (Phi) is 4.29. The summed E-state index contributed by atoms with van der Waals surface area (Å²) in [6.07, 6.45) is -2.37. The predicted molar refractivity (Wildman–Crippen MR) is 119 cm³/mol. The number of fused-ring (bicyclic) bond motifs is 4. The summed E-state index contributed by atoms with van der Waals surface area (Å²) in [7, 11) is 0. The fourth-order valence-corrected chi connectivity index (χ4v) is 8.68. The van der Waals surface area contributed by atoms with E-state index in [-0.39, 0.29) is 24.5 Å². The Morgan fingerprint density at radius 3 is 2.51 bits per heavy atom. The third-order valence-electron chi connectivity index (χ3n) is 10.8. The molecule has 4 saturated heterocycles. The Hall–Kier alpha value is -1.53. The van der Waals surface area contributed by atoms with Gasteiger partial charge in [0.05, 0.1) is 16.9 Å². The molecule has 5 aliphatic rings. The molecule has 1 unspecified atom stereocenters. The molecule has 1 spiro atoms. The number of ether oxygens (including phenoxy) is 3. The molecule has 0 aromatic carbocycles. The monoisotopic (exact) mass is 493 g/mol. The number of esters is 1. The zero-order chi connectivity index (χ0) is 25.6. The first-order chi connectivity index (χ1) is 16.1. The molecule has 6 rings (SSSR count). The van der Waals surface area contributed by atoms with E-state index >= 15 is 0 Å². The molecule has 11 atom stereocenters. The summed E-state index contributed by atoms with van der Waals surface area (Å²) in [6.45, 7) is 8.36. The highest BCUT2D eigenvalue weighted by Crippen LogP contribution is 2.82. The van der Waals surface area contributed by atoms with Crippen LogP contribution in [0.4, 0.5) is 0 Å². The van der Waals surface area contributed by atoms with Crippen LogP contribution in [0.15, 0.2) is 18.3 Å². The Morgan fingerprint density at radius 1 is 1.23 bits per heavy atom. The molecule has 0 radical (unpaired) electrons. The maximum absolute atomic E-state index is 13.1. The molecule has 4 aliphatic heterocycles. The normalized spacial score (nSPS) is 58.0. The molecular formula is C25H35NO9. The van der Waals surface area contributed by atoms with Crippen LogP contribution >= 0.6 is 0 Å². The van der Waals surface area contributed by atoms with E-state index in [0.29, 0.717) is 6.42 Å². The van der Waals surface area contributed by atoms with E-state index in [9.17, 15) is 30.3 Å². The van der Waals surface area contributed by atoms with Crippen molar-refractivity contribution in [3.63, 3.8) is 0 Å². The molecule has 5 fully saturated rings. The topological polar surface area (TPSA) is 162 Å². The van der Waals surface area contributed by atoms with Gasteiger partial charge in [0.2, 0.25) is 5.79 Å². The maximum atomic E-state index is 13.1. The van der Waals surface area contributed by atoms with E-state index in [4.69, 9.17) is 14.2 Å². The Bertz CT molecular complexity index is 1090. The van der Waals surface area contributed by atoms with Crippen molar-refractivity contribution in [1.29, 1.82) is 0 Å². The number of hydrogen-bond donors (Lipinski definition) is 6. The lowest BCUT2D eigenvalue weighted by atomic mass is 9.44. The number of aliphatic hydroxyl groups excluding tert-OH is 1. The first kappa shape index (κ1) is 23.8. The molecule has 194 valence electrons. The molecule has 5 bridgehead atoms. The van der Waals surface area contributed by atoms with Gasteiger partial charge in [-0.2, -0.15) is 0 Å². The molecule has 1 saturated carbocycles. The molecule has 35 heavy (non-hydrogen) atoms. The highest BCUT2D eigenvalue weighted by atomic mass is 16.7.